The Morgan fingerprint density at radius 1 is 0.914 bits per heavy atom. The Morgan fingerprint density at radius 2 is 1.63 bits per heavy atom. The lowest BCUT2D eigenvalue weighted by Gasteiger charge is -2.34. The van der Waals surface area contributed by atoms with E-state index in [1.54, 1.807) is 30.5 Å². The van der Waals surface area contributed by atoms with E-state index in [0.29, 0.717) is 34.8 Å². The van der Waals surface area contributed by atoms with Gasteiger partial charge >= 0.3 is 0 Å². The molecule has 6 nitrogen and oxygen atoms in total. The van der Waals surface area contributed by atoms with E-state index < -0.39 is 11.0 Å². The number of amides is 1. The molecule has 0 radical (unpaired) electrons. The lowest BCUT2D eigenvalue weighted by Crippen LogP contribution is -2.48. The van der Waals surface area contributed by atoms with Crippen molar-refractivity contribution in [3.05, 3.63) is 101 Å². The molecule has 5 rings (SSSR count). The van der Waals surface area contributed by atoms with Gasteiger partial charge in [-0.25, -0.2) is 4.21 Å². The Morgan fingerprint density at radius 3 is 2.37 bits per heavy atom. The predicted octanol–water partition coefficient (Wildman–Crippen LogP) is 4.98. The zero-order chi connectivity index (χ0) is 24.2. The summed E-state index contributed by atoms with van der Waals surface area (Å²) in [5.41, 5.74) is 3.23. The first-order valence-electron chi connectivity index (χ1n) is 11.5. The van der Waals surface area contributed by atoms with Crippen molar-refractivity contribution in [2.24, 2.45) is 0 Å². The standard InChI is InChI=1S/C27H25ClN4O2S/c28-23-10-6-20(7-11-23)19-31-15-17-32(18-16-31)27(33)22-8-12-24(13-9-22)30-35(34)25-5-1-3-21-4-2-14-29-26(21)25/h1-14,30H,15-19H2. The van der Waals surface area contributed by atoms with Crippen LogP contribution in [0.2, 0.25) is 5.02 Å². The molecule has 3 aromatic carbocycles. The summed E-state index contributed by atoms with van der Waals surface area (Å²) < 4.78 is 16.0. The lowest BCUT2D eigenvalue weighted by molar-refractivity contribution is 0.0628. The largest absolute Gasteiger partial charge is 0.336 e. The molecule has 8 heteroatoms. The minimum atomic E-state index is -1.47. The summed E-state index contributed by atoms with van der Waals surface area (Å²) in [5.74, 6) is 0.0158. The summed E-state index contributed by atoms with van der Waals surface area (Å²) >= 11 is 5.97. The van der Waals surface area contributed by atoms with Crippen molar-refractivity contribution in [3.8, 4) is 0 Å². The van der Waals surface area contributed by atoms with E-state index in [9.17, 15) is 9.00 Å². The number of fused-ring (bicyclic) bond motifs is 1. The summed E-state index contributed by atoms with van der Waals surface area (Å²) in [6.45, 7) is 3.87. The van der Waals surface area contributed by atoms with Crippen molar-refractivity contribution in [3.63, 3.8) is 0 Å². The maximum absolute atomic E-state index is 13.0. The second-order valence-corrected chi connectivity index (χ2v) is 10.1. The van der Waals surface area contributed by atoms with E-state index in [4.69, 9.17) is 11.6 Å². The highest BCUT2D eigenvalue weighted by atomic mass is 35.5. The predicted molar refractivity (Wildman–Crippen MR) is 141 cm³/mol. The Labute approximate surface area is 212 Å². The number of nitrogens with zero attached hydrogens (tertiary/aromatic N) is 3. The number of carbonyl (C=O) groups is 1. The molecule has 1 amide bonds. The normalized spacial score (nSPS) is 15.2. The van der Waals surface area contributed by atoms with Crippen molar-refractivity contribution in [2.75, 3.05) is 30.9 Å². The highest BCUT2D eigenvalue weighted by Gasteiger charge is 2.22. The number of anilines is 1. The van der Waals surface area contributed by atoms with Crippen LogP contribution >= 0.6 is 11.6 Å². The molecule has 1 aliphatic rings. The number of pyridine rings is 1. The zero-order valence-electron chi connectivity index (χ0n) is 19.1. The fourth-order valence-corrected chi connectivity index (χ4v) is 5.34. The van der Waals surface area contributed by atoms with Crippen molar-refractivity contribution >= 4 is 45.1 Å². The average Bonchev–Trinajstić information content (AvgIpc) is 2.90. The van der Waals surface area contributed by atoms with Crippen LogP contribution in [0.4, 0.5) is 5.69 Å². The lowest BCUT2D eigenvalue weighted by atomic mass is 10.1. The number of carbonyl (C=O) groups excluding carboxylic acids is 1. The van der Waals surface area contributed by atoms with Gasteiger partial charge in [-0.2, -0.15) is 0 Å². The topological polar surface area (TPSA) is 65.5 Å². The van der Waals surface area contributed by atoms with Gasteiger partial charge in [-0.15, -0.1) is 0 Å². The van der Waals surface area contributed by atoms with E-state index in [2.05, 4.69) is 14.6 Å². The first-order valence-corrected chi connectivity index (χ1v) is 13.0. The molecule has 1 aromatic heterocycles. The van der Waals surface area contributed by atoms with Gasteiger partial charge in [-0.1, -0.05) is 41.9 Å². The second kappa shape index (κ2) is 10.6. The highest BCUT2D eigenvalue weighted by molar-refractivity contribution is 7.86. The quantitative estimate of drug-likeness (QED) is 0.402. The van der Waals surface area contributed by atoms with E-state index in [0.717, 1.165) is 30.0 Å². The van der Waals surface area contributed by atoms with Crippen LogP contribution in [0.3, 0.4) is 0 Å². The summed E-state index contributed by atoms with van der Waals surface area (Å²) in [7, 11) is -1.47. The molecule has 1 N–H and O–H groups in total. The van der Waals surface area contributed by atoms with Gasteiger partial charge in [-0.3, -0.25) is 14.7 Å². The van der Waals surface area contributed by atoms with Gasteiger partial charge in [0.15, 0.2) is 11.0 Å². The molecule has 0 spiro atoms. The van der Waals surface area contributed by atoms with Gasteiger partial charge in [0.1, 0.15) is 0 Å². The SMILES string of the molecule is O=C(c1ccc(NS(=O)c2cccc3cccnc23)cc1)N1CCN(Cc2ccc(Cl)cc2)CC1. The van der Waals surface area contributed by atoms with E-state index in [1.807, 2.05) is 59.5 Å². The molecule has 0 saturated carbocycles. The number of hydrogen-bond donors (Lipinski definition) is 1. The molecule has 0 aliphatic carbocycles. The molecule has 4 aromatic rings. The van der Waals surface area contributed by atoms with Crippen LogP contribution < -0.4 is 4.72 Å². The fourth-order valence-electron chi connectivity index (χ4n) is 4.21. The van der Waals surface area contributed by atoms with Crippen LogP contribution in [0, 0.1) is 0 Å². The van der Waals surface area contributed by atoms with Crippen molar-refractivity contribution in [1.29, 1.82) is 0 Å². The maximum atomic E-state index is 13.0. The Bertz CT molecular complexity index is 1350. The number of rotatable bonds is 6. The molecular formula is C27H25ClN4O2S. The summed E-state index contributed by atoms with van der Waals surface area (Å²) in [6, 6.07) is 24.5. The molecule has 1 unspecified atom stereocenters. The van der Waals surface area contributed by atoms with Gasteiger partial charge in [0.2, 0.25) is 0 Å². The Hall–Kier alpha value is -3.26. The van der Waals surface area contributed by atoms with Gasteiger partial charge in [0.05, 0.1) is 10.4 Å². The number of nitrogens with one attached hydrogen (secondary N) is 1. The molecule has 35 heavy (non-hydrogen) atoms. The number of aromatic nitrogens is 1. The number of halogens is 1. The van der Waals surface area contributed by atoms with Crippen LogP contribution in [0.1, 0.15) is 15.9 Å². The second-order valence-electron chi connectivity index (χ2n) is 8.47. The number of para-hydroxylation sites is 1. The van der Waals surface area contributed by atoms with Crippen LogP contribution in [0.25, 0.3) is 10.9 Å². The maximum Gasteiger partial charge on any atom is 0.253 e. The summed E-state index contributed by atoms with van der Waals surface area (Å²) in [5, 5.41) is 1.68. The monoisotopic (exact) mass is 504 g/mol. The highest BCUT2D eigenvalue weighted by Crippen LogP contribution is 2.22. The molecule has 1 saturated heterocycles. The van der Waals surface area contributed by atoms with Gasteiger partial charge in [0, 0.05) is 60.6 Å². The third kappa shape index (κ3) is 5.53. The molecule has 1 aliphatic heterocycles. The van der Waals surface area contributed by atoms with Gasteiger partial charge < -0.3 is 9.62 Å². The molecule has 0 bridgehead atoms. The third-order valence-corrected chi connectivity index (χ3v) is 7.52. The molecule has 1 fully saturated rings. The van der Waals surface area contributed by atoms with Crippen molar-refractivity contribution in [1.82, 2.24) is 14.8 Å². The van der Waals surface area contributed by atoms with Crippen molar-refractivity contribution in [2.45, 2.75) is 11.4 Å². The Kier molecular flexibility index (Phi) is 7.08. The van der Waals surface area contributed by atoms with E-state index in [1.165, 1.54) is 5.56 Å². The minimum Gasteiger partial charge on any atom is -0.336 e. The van der Waals surface area contributed by atoms with Crippen LogP contribution in [-0.4, -0.2) is 51.1 Å². The minimum absolute atomic E-state index is 0.0158. The number of benzene rings is 3. The molecule has 1 atom stereocenters. The van der Waals surface area contributed by atoms with Crippen LogP contribution in [0.15, 0.2) is 90.0 Å². The summed E-state index contributed by atoms with van der Waals surface area (Å²) in [4.78, 5) is 22.2. The Balaban J connectivity index is 1.18. The van der Waals surface area contributed by atoms with E-state index >= 15 is 0 Å². The van der Waals surface area contributed by atoms with Gasteiger partial charge in [-0.05, 0) is 54.1 Å². The van der Waals surface area contributed by atoms with Gasteiger partial charge in [0.25, 0.3) is 5.91 Å². The smallest absolute Gasteiger partial charge is 0.253 e. The zero-order valence-corrected chi connectivity index (χ0v) is 20.6. The average molecular weight is 505 g/mol. The summed E-state index contributed by atoms with van der Waals surface area (Å²) in [6.07, 6.45) is 1.70. The molecule has 178 valence electrons. The van der Waals surface area contributed by atoms with Crippen molar-refractivity contribution < 1.29 is 9.00 Å². The van der Waals surface area contributed by atoms with E-state index in [-0.39, 0.29) is 5.91 Å². The number of hydrogen-bond acceptors (Lipinski definition) is 4. The first-order chi connectivity index (χ1) is 17.1. The number of piperazine rings is 1. The molecular weight excluding hydrogens is 480 g/mol. The van der Waals surface area contributed by atoms with Crippen LogP contribution in [0.5, 0.6) is 0 Å². The molecule has 2 heterocycles. The third-order valence-electron chi connectivity index (χ3n) is 6.12. The fraction of sp³-hybridized carbons (Fsp3) is 0.185. The van der Waals surface area contributed by atoms with Crippen LogP contribution in [-0.2, 0) is 17.5 Å². The first kappa shape index (κ1) is 23.5.